The Kier molecular flexibility index (Phi) is 7.71. The van der Waals surface area contributed by atoms with Gasteiger partial charge >= 0.3 is 0 Å². The molecule has 1 saturated heterocycles. The zero-order valence-corrected chi connectivity index (χ0v) is 16.4. The molecule has 3 rings (SSSR count). The lowest BCUT2D eigenvalue weighted by Gasteiger charge is -2.27. The predicted octanol–water partition coefficient (Wildman–Crippen LogP) is 2.62. The normalized spacial score (nSPS) is 15.7. The van der Waals surface area contributed by atoms with Gasteiger partial charge in [0.1, 0.15) is 0 Å². The fraction of sp³-hybridized carbons (Fsp3) is 0.524. The Balaban J connectivity index is 1.44. The summed E-state index contributed by atoms with van der Waals surface area (Å²) in [5.41, 5.74) is 2.77. The first-order chi connectivity index (χ1) is 13.3. The Hall–Kier alpha value is -2.34. The van der Waals surface area contributed by atoms with Crippen molar-refractivity contribution in [1.29, 1.82) is 0 Å². The lowest BCUT2D eigenvalue weighted by molar-refractivity contribution is 0.220. The topological polar surface area (TPSA) is 57.5 Å². The highest BCUT2D eigenvalue weighted by molar-refractivity contribution is 5.79. The van der Waals surface area contributed by atoms with Crippen molar-refractivity contribution in [3.05, 3.63) is 53.9 Å². The Bertz CT molecular complexity index is 688. The molecule has 6 nitrogen and oxygen atoms in total. The lowest BCUT2D eigenvalue weighted by Crippen LogP contribution is -2.38. The van der Waals surface area contributed by atoms with E-state index in [1.54, 1.807) is 0 Å². The minimum Gasteiger partial charge on any atom is -0.356 e. The first-order valence-corrected chi connectivity index (χ1v) is 10.1. The first-order valence-electron chi connectivity index (χ1n) is 10.1. The van der Waals surface area contributed by atoms with Crippen LogP contribution >= 0.6 is 0 Å². The summed E-state index contributed by atoms with van der Waals surface area (Å²) in [5, 5.41) is 11.1. The molecule has 0 atom stereocenters. The van der Waals surface area contributed by atoms with Gasteiger partial charge in [-0.25, -0.2) is 0 Å². The molecule has 1 fully saturated rings. The number of hydrogen-bond acceptors (Lipinski definition) is 3. The number of nitrogens with zero attached hydrogens (tertiary/aromatic N) is 4. The summed E-state index contributed by atoms with van der Waals surface area (Å²) in [6, 6.07) is 10.7. The largest absolute Gasteiger partial charge is 0.356 e. The molecule has 0 aliphatic carbocycles. The van der Waals surface area contributed by atoms with Crippen LogP contribution < -0.4 is 10.6 Å². The number of aryl methyl sites for hydroxylation is 1. The molecule has 1 aliphatic rings. The highest BCUT2D eigenvalue weighted by Crippen LogP contribution is 2.16. The molecule has 1 aromatic carbocycles. The number of rotatable bonds is 8. The van der Waals surface area contributed by atoms with Crippen LogP contribution in [0.5, 0.6) is 0 Å². The smallest absolute Gasteiger partial charge is 0.191 e. The second-order valence-corrected chi connectivity index (χ2v) is 7.08. The highest BCUT2D eigenvalue weighted by Gasteiger charge is 2.12. The number of benzene rings is 1. The summed E-state index contributed by atoms with van der Waals surface area (Å²) in [5.74, 6) is 0.850. The van der Waals surface area contributed by atoms with Gasteiger partial charge in [0, 0.05) is 45.6 Å². The molecule has 0 bridgehead atoms. The van der Waals surface area contributed by atoms with Crippen molar-refractivity contribution in [2.24, 2.45) is 4.99 Å². The van der Waals surface area contributed by atoms with Gasteiger partial charge in [0.15, 0.2) is 5.96 Å². The number of guanidine groups is 1. The van der Waals surface area contributed by atoms with E-state index >= 15 is 0 Å². The molecule has 1 aliphatic heterocycles. The van der Waals surface area contributed by atoms with Crippen LogP contribution in [-0.4, -0.2) is 47.3 Å². The molecule has 0 amide bonds. The van der Waals surface area contributed by atoms with Gasteiger partial charge in [-0.3, -0.25) is 14.6 Å². The molecule has 2 heterocycles. The second-order valence-electron chi connectivity index (χ2n) is 7.08. The van der Waals surface area contributed by atoms with Gasteiger partial charge in [-0.05, 0) is 49.5 Å². The quantitative estimate of drug-likeness (QED) is 0.427. The third-order valence-electron chi connectivity index (χ3n) is 5.05. The third-order valence-corrected chi connectivity index (χ3v) is 5.05. The van der Waals surface area contributed by atoms with Crippen LogP contribution in [0.1, 0.15) is 36.8 Å². The van der Waals surface area contributed by atoms with E-state index in [2.05, 4.69) is 49.9 Å². The average Bonchev–Trinajstić information content (AvgIpc) is 3.23. The maximum Gasteiger partial charge on any atom is 0.191 e. The van der Waals surface area contributed by atoms with E-state index in [1.165, 1.54) is 43.5 Å². The van der Waals surface area contributed by atoms with Crippen molar-refractivity contribution < 1.29 is 0 Å². The Morgan fingerprint density at radius 1 is 1.07 bits per heavy atom. The van der Waals surface area contributed by atoms with Crippen LogP contribution in [0, 0.1) is 0 Å². The standard InChI is InChI=1S/C21H32N6/c1-22-21(23-11-7-15-27-16-8-12-25-27)24-17-19-9-3-4-10-20(19)18-26-13-5-2-6-14-26/h3-4,8-10,12,16H,2,5-7,11,13-15,17-18H2,1H3,(H2,22,23,24). The van der Waals surface area contributed by atoms with Crippen molar-refractivity contribution in [1.82, 2.24) is 25.3 Å². The van der Waals surface area contributed by atoms with Crippen LogP contribution in [0.4, 0.5) is 0 Å². The van der Waals surface area contributed by atoms with E-state index in [0.717, 1.165) is 38.6 Å². The van der Waals surface area contributed by atoms with Gasteiger partial charge in [0.05, 0.1) is 0 Å². The van der Waals surface area contributed by atoms with Gasteiger partial charge in [-0.2, -0.15) is 5.10 Å². The summed E-state index contributed by atoms with van der Waals surface area (Å²) in [4.78, 5) is 6.92. The number of aliphatic imine (C=N–C) groups is 1. The molecule has 146 valence electrons. The van der Waals surface area contributed by atoms with Crippen molar-refractivity contribution >= 4 is 5.96 Å². The molecular weight excluding hydrogens is 336 g/mol. The van der Waals surface area contributed by atoms with E-state index in [1.807, 2.05) is 30.2 Å². The van der Waals surface area contributed by atoms with Gasteiger partial charge < -0.3 is 10.6 Å². The SMILES string of the molecule is CN=C(NCCCn1cccn1)NCc1ccccc1CN1CCCCC1. The third kappa shape index (κ3) is 6.40. The number of nitrogens with one attached hydrogen (secondary N) is 2. The molecule has 0 unspecified atom stereocenters. The molecule has 1 aromatic heterocycles. The van der Waals surface area contributed by atoms with Crippen LogP contribution in [0.2, 0.25) is 0 Å². The number of likely N-dealkylation sites (tertiary alicyclic amines) is 1. The van der Waals surface area contributed by atoms with Gasteiger partial charge in [-0.15, -0.1) is 0 Å². The van der Waals surface area contributed by atoms with E-state index < -0.39 is 0 Å². The van der Waals surface area contributed by atoms with E-state index in [-0.39, 0.29) is 0 Å². The maximum absolute atomic E-state index is 4.34. The van der Waals surface area contributed by atoms with Gasteiger partial charge in [-0.1, -0.05) is 30.7 Å². The molecule has 0 saturated carbocycles. The minimum atomic E-state index is 0.794. The summed E-state index contributed by atoms with van der Waals surface area (Å²) >= 11 is 0. The number of hydrogen-bond donors (Lipinski definition) is 2. The van der Waals surface area contributed by atoms with Crippen molar-refractivity contribution in [3.8, 4) is 0 Å². The zero-order chi connectivity index (χ0) is 18.7. The maximum atomic E-state index is 4.34. The second kappa shape index (κ2) is 10.7. The van der Waals surface area contributed by atoms with Crippen LogP contribution in [0.3, 0.4) is 0 Å². The van der Waals surface area contributed by atoms with E-state index in [4.69, 9.17) is 0 Å². The highest BCUT2D eigenvalue weighted by atomic mass is 15.3. The van der Waals surface area contributed by atoms with Crippen LogP contribution in [-0.2, 0) is 19.6 Å². The van der Waals surface area contributed by atoms with E-state index in [9.17, 15) is 0 Å². The summed E-state index contributed by atoms with van der Waals surface area (Å²) in [6.07, 6.45) is 8.85. The van der Waals surface area contributed by atoms with Crippen molar-refractivity contribution in [2.75, 3.05) is 26.7 Å². The molecule has 2 N–H and O–H groups in total. The van der Waals surface area contributed by atoms with Crippen LogP contribution in [0.15, 0.2) is 47.7 Å². The molecule has 0 spiro atoms. The molecular formula is C21H32N6. The summed E-state index contributed by atoms with van der Waals surface area (Å²) in [7, 11) is 1.82. The van der Waals surface area contributed by atoms with Crippen molar-refractivity contribution in [3.63, 3.8) is 0 Å². The molecule has 6 heteroatoms. The lowest BCUT2D eigenvalue weighted by atomic mass is 10.0. The van der Waals surface area contributed by atoms with E-state index in [0.29, 0.717) is 0 Å². The summed E-state index contributed by atoms with van der Waals surface area (Å²) < 4.78 is 1.95. The number of aromatic nitrogens is 2. The zero-order valence-electron chi connectivity index (χ0n) is 16.4. The summed E-state index contributed by atoms with van der Waals surface area (Å²) in [6.45, 7) is 6.07. The Morgan fingerprint density at radius 2 is 1.89 bits per heavy atom. The fourth-order valence-electron chi connectivity index (χ4n) is 3.52. The van der Waals surface area contributed by atoms with Gasteiger partial charge in [0.2, 0.25) is 0 Å². The fourth-order valence-corrected chi connectivity index (χ4v) is 3.52. The molecule has 27 heavy (non-hydrogen) atoms. The molecule has 0 radical (unpaired) electrons. The van der Waals surface area contributed by atoms with Gasteiger partial charge in [0.25, 0.3) is 0 Å². The van der Waals surface area contributed by atoms with Crippen molar-refractivity contribution in [2.45, 2.75) is 45.3 Å². The minimum absolute atomic E-state index is 0.794. The predicted molar refractivity (Wildman–Crippen MR) is 111 cm³/mol. The molecule has 2 aromatic rings. The first kappa shape index (κ1) is 19.4. The Labute approximate surface area is 162 Å². The van der Waals surface area contributed by atoms with Crippen LogP contribution in [0.25, 0.3) is 0 Å². The number of piperidine rings is 1. The monoisotopic (exact) mass is 368 g/mol. The Morgan fingerprint density at radius 3 is 2.63 bits per heavy atom. The average molecular weight is 369 g/mol.